The lowest BCUT2D eigenvalue weighted by molar-refractivity contribution is -0.367. The number of carbonyl (C=O) groups is 3. The molecular weight excluding hydrogens is 692 g/mol. The molecule has 3 aliphatic rings. The van der Waals surface area contributed by atoms with Crippen LogP contribution in [0.4, 0.5) is 10.5 Å². The normalized spacial score (nSPS) is 12.3. The van der Waals surface area contributed by atoms with Crippen molar-refractivity contribution in [2.24, 2.45) is 0 Å². The lowest BCUT2D eigenvalue weighted by Gasteiger charge is -2.18. The molecule has 0 bridgehead atoms. The molecule has 1 heterocycles. The lowest BCUT2D eigenvalue weighted by Crippen LogP contribution is -2.66. The third-order valence-corrected chi connectivity index (χ3v) is 9.07. The molecule has 7 rings (SSSR count). The molecule has 0 atom stereocenters. The van der Waals surface area contributed by atoms with E-state index in [2.05, 4.69) is 22.4 Å². The van der Waals surface area contributed by atoms with Gasteiger partial charge in [-0.2, -0.15) is 4.99 Å². The summed E-state index contributed by atoms with van der Waals surface area (Å²) in [6.07, 6.45) is -0.579. The second-order valence-electron chi connectivity index (χ2n) is 12.5. The van der Waals surface area contributed by atoms with Crippen molar-refractivity contribution in [2.45, 2.75) is 19.3 Å². The maximum Gasteiger partial charge on any atom is 0.407 e. The van der Waals surface area contributed by atoms with Gasteiger partial charge in [-0.1, -0.05) is 48.5 Å². The fourth-order valence-corrected chi connectivity index (χ4v) is 6.75. The highest BCUT2D eigenvalue weighted by atomic mass is 16.5. The van der Waals surface area contributed by atoms with Gasteiger partial charge in [-0.25, -0.2) is 9.59 Å². The Morgan fingerprint density at radius 3 is 2.31 bits per heavy atom. The Morgan fingerprint density at radius 2 is 1.59 bits per heavy atom. The van der Waals surface area contributed by atoms with Crippen LogP contribution < -0.4 is 25.6 Å². The number of benzene rings is 5. The molecule has 0 fully saturated rings. The number of carboxylic acids is 1. The van der Waals surface area contributed by atoms with Gasteiger partial charge in [0.25, 0.3) is 0 Å². The Morgan fingerprint density at radius 1 is 0.852 bits per heavy atom. The van der Waals surface area contributed by atoms with E-state index in [1.165, 1.54) is 18.2 Å². The van der Waals surface area contributed by atoms with Crippen LogP contribution in [0.5, 0.6) is 5.75 Å². The van der Waals surface area contributed by atoms with Crippen molar-refractivity contribution in [3.63, 3.8) is 0 Å². The molecule has 4 aromatic rings. The van der Waals surface area contributed by atoms with E-state index in [-0.39, 0.29) is 66.1 Å². The Labute approximate surface area is 308 Å². The van der Waals surface area contributed by atoms with Crippen LogP contribution in [0.3, 0.4) is 0 Å². The highest BCUT2D eigenvalue weighted by Crippen LogP contribution is 2.45. The zero-order valence-electron chi connectivity index (χ0n) is 29.0. The number of aliphatic hydroxyl groups is 1. The average Bonchev–Trinajstić information content (AvgIpc) is 3.48. The lowest BCUT2D eigenvalue weighted by atomic mass is 9.90. The molecule has 12 nitrogen and oxygen atoms in total. The van der Waals surface area contributed by atoms with Gasteiger partial charge in [0.2, 0.25) is 5.69 Å². The predicted molar refractivity (Wildman–Crippen MR) is 197 cm³/mol. The van der Waals surface area contributed by atoms with E-state index in [1.54, 1.807) is 43.3 Å². The highest BCUT2D eigenvalue weighted by molar-refractivity contribution is 6.08. The quantitative estimate of drug-likeness (QED) is 0.0706. The Balaban J connectivity index is 1.12. The SMILES string of the molecule is CCOC(=O)c1ccc([NH+]=C(O)CCNC(=O)OCC2c3ccccc3-c3ccccc32)cc1-c1c2ccc(=O)cc-2oc2cc(OCC(=O)[O-])ccc12. The first kappa shape index (κ1) is 35.5. The number of hydrogen-bond donors (Lipinski definition) is 3. The zero-order valence-corrected chi connectivity index (χ0v) is 29.0. The number of amides is 1. The van der Waals surface area contributed by atoms with E-state index < -0.39 is 24.6 Å². The van der Waals surface area contributed by atoms with Crippen molar-refractivity contribution in [2.75, 3.05) is 26.4 Å². The van der Waals surface area contributed by atoms with E-state index in [4.69, 9.17) is 18.6 Å². The Kier molecular flexibility index (Phi) is 10.1. The van der Waals surface area contributed by atoms with E-state index >= 15 is 0 Å². The van der Waals surface area contributed by atoms with Crippen LogP contribution in [-0.2, 0) is 14.3 Å². The number of carbonyl (C=O) groups excluding carboxylic acids is 3. The minimum atomic E-state index is -1.40. The number of carboxylic acid groups (broad SMARTS) is 1. The van der Waals surface area contributed by atoms with E-state index in [9.17, 15) is 29.4 Å². The number of fused-ring (bicyclic) bond motifs is 5. The Bertz CT molecular complexity index is 2420. The summed E-state index contributed by atoms with van der Waals surface area (Å²) >= 11 is 0. The number of ether oxygens (including phenoxy) is 3. The summed E-state index contributed by atoms with van der Waals surface area (Å²) in [6, 6.07) is 29.9. The molecule has 0 spiro atoms. The molecule has 2 aliphatic carbocycles. The summed E-state index contributed by atoms with van der Waals surface area (Å²) in [7, 11) is 0. The summed E-state index contributed by atoms with van der Waals surface area (Å²) in [5, 5.41) is 25.1. The van der Waals surface area contributed by atoms with Gasteiger partial charge in [-0.15, -0.1) is 0 Å². The predicted octanol–water partition coefficient (Wildman–Crippen LogP) is 4.47. The molecule has 272 valence electrons. The van der Waals surface area contributed by atoms with E-state index in [1.807, 2.05) is 36.4 Å². The molecule has 54 heavy (non-hydrogen) atoms. The van der Waals surface area contributed by atoms with E-state index in [0.717, 1.165) is 22.3 Å². The summed E-state index contributed by atoms with van der Waals surface area (Å²) in [6.45, 7) is 1.35. The molecule has 0 aromatic heterocycles. The highest BCUT2D eigenvalue weighted by Gasteiger charge is 2.29. The summed E-state index contributed by atoms with van der Waals surface area (Å²) in [4.78, 5) is 52.2. The first-order chi connectivity index (χ1) is 26.2. The third-order valence-electron chi connectivity index (χ3n) is 9.07. The fraction of sp³-hybridized carbons (Fsp3) is 0.167. The molecule has 0 unspecified atom stereocenters. The van der Waals surface area contributed by atoms with Crippen molar-refractivity contribution < 1.29 is 48.2 Å². The van der Waals surface area contributed by atoms with Gasteiger partial charge < -0.3 is 39.0 Å². The second kappa shape index (κ2) is 15.3. The molecule has 1 amide bonds. The van der Waals surface area contributed by atoms with Crippen molar-refractivity contribution in [3.8, 4) is 39.3 Å². The third kappa shape index (κ3) is 7.35. The molecular formula is C42H34N2O10. The van der Waals surface area contributed by atoms with Crippen molar-refractivity contribution in [1.29, 1.82) is 0 Å². The summed E-state index contributed by atoms with van der Waals surface area (Å²) in [5.41, 5.74) is 6.43. The number of alkyl carbamates (subject to hydrolysis) is 1. The largest absolute Gasteiger partial charge is 0.546 e. The molecule has 0 radical (unpaired) electrons. The van der Waals surface area contributed by atoms with Crippen LogP contribution in [0.15, 0.2) is 112 Å². The number of aliphatic carboxylic acids is 1. The minimum Gasteiger partial charge on any atom is -0.546 e. The van der Waals surface area contributed by atoms with E-state index in [0.29, 0.717) is 27.8 Å². The number of hydrogen-bond acceptors (Lipinski definition) is 9. The van der Waals surface area contributed by atoms with Crippen molar-refractivity contribution in [1.82, 2.24) is 5.32 Å². The van der Waals surface area contributed by atoms with Gasteiger partial charge in [0, 0.05) is 58.8 Å². The number of esters is 1. The van der Waals surface area contributed by atoms with Crippen LogP contribution >= 0.6 is 0 Å². The van der Waals surface area contributed by atoms with Crippen molar-refractivity contribution >= 4 is 40.6 Å². The van der Waals surface area contributed by atoms with Crippen LogP contribution in [0, 0.1) is 0 Å². The van der Waals surface area contributed by atoms with Crippen LogP contribution in [0.25, 0.3) is 44.5 Å². The number of nitrogens with one attached hydrogen (secondary N) is 2. The van der Waals surface area contributed by atoms with Crippen LogP contribution in [-0.4, -0.2) is 55.4 Å². The van der Waals surface area contributed by atoms with Gasteiger partial charge in [0.1, 0.15) is 30.3 Å². The molecule has 0 saturated heterocycles. The number of aliphatic hydroxyl groups excluding tert-OH is 1. The van der Waals surface area contributed by atoms with Crippen LogP contribution in [0.1, 0.15) is 40.7 Å². The summed E-state index contributed by atoms with van der Waals surface area (Å²) in [5.74, 6) is -1.85. The topological polar surface area (TPSA) is 178 Å². The summed E-state index contributed by atoms with van der Waals surface area (Å²) < 4.78 is 22.3. The van der Waals surface area contributed by atoms with Gasteiger partial charge in [0.15, 0.2) is 5.43 Å². The van der Waals surface area contributed by atoms with Gasteiger partial charge in [0.05, 0.1) is 24.6 Å². The first-order valence-corrected chi connectivity index (χ1v) is 17.3. The number of rotatable bonds is 12. The van der Waals surface area contributed by atoms with Crippen LogP contribution in [0.2, 0.25) is 0 Å². The maximum absolute atomic E-state index is 13.3. The standard InChI is InChI=1S/C42H34N2O10/c1-2-51-41(49)31-14-11-24(19-34(31)40-32-15-12-25(45)20-36(32)54-37-21-26(13-16-33(37)40)52-23-39(47)48)44-38(46)17-18-43-42(50)53-22-35-29-9-5-3-7-27(29)28-8-4-6-10-30(28)35/h3-16,19-21,35H,2,17-18,22-23H2,1H3,(H,43,50)(H,44,46)(H,47,48). The van der Waals surface area contributed by atoms with Crippen molar-refractivity contribution in [3.05, 3.63) is 130 Å². The zero-order chi connectivity index (χ0) is 37.8. The average molecular weight is 727 g/mol. The maximum atomic E-state index is 13.3. The molecule has 0 saturated carbocycles. The van der Waals surface area contributed by atoms with Gasteiger partial charge in [-0.3, -0.25) is 4.79 Å². The van der Waals surface area contributed by atoms with Gasteiger partial charge >= 0.3 is 18.0 Å². The fourth-order valence-electron chi connectivity index (χ4n) is 6.75. The molecule has 3 N–H and O–H groups in total. The first-order valence-electron chi connectivity index (χ1n) is 17.3. The molecule has 4 aromatic carbocycles. The smallest absolute Gasteiger partial charge is 0.407 e. The minimum absolute atomic E-state index is 0.0378. The van der Waals surface area contributed by atoms with Gasteiger partial charge in [-0.05, 0) is 59.5 Å². The molecule has 12 heteroatoms. The second-order valence-corrected chi connectivity index (χ2v) is 12.5. The Hall–Kier alpha value is -6.95. The monoisotopic (exact) mass is 726 g/mol. The molecule has 1 aliphatic heterocycles.